The van der Waals surface area contributed by atoms with Crippen molar-refractivity contribution in [2.45, 2.75) is 105 Å². The molecule has 2 aromatic rings. The van der Waals surface area contributed by atoms with Crippen molar-refractivity contribution in [2.75, 3.05) is 5.32 Å². The van der Waals surface area contributed by atoms with Crippen molar-refractivity contribution in [1.29, 1.82) is 0 Å². The normalized spacial score (nSPS) is 13.1. The smallest absolute Gasteiger partial charge is 0.408 e. The molecule has 0 aliphatic rings. The molecule has 0 bridgehead atoms. The minimum atomic E-state index is -1.19. The van der Waals surface area contributed by atoms with Gasteiger partial charge >= 0.3 is 6.09 Å². The number of nitrogens with two attached hydrogens (primary N) is 1. The molecule has 0 radical (unpaired) electrons. The third-order valence-electron chi connectivity index (χ3n) is 7.13. The first-order valence-electron chi connectivity index (χ1n) is 14.1. The molecular weight excluding hydrogens is 556 g/mol. The maximum Gasteiger partial charge on any atom is 0.408 e. The summed E-state index contributed by atoms with van der Waals surface area (Å²) in [6.07, 6.45) is -0.577. The van der Waals surface area contributed by atoms with E-state index in [4.69, 9.17) is 22.1 Å². The summed E-state index contributed by atoms with van der Waals surface area (Å²) in [5.74, 6) is -1.65. The monoisotopic (exact) mass is 600 g/mol. The van der Waals surface area contributed by atoms with E-state index in [1.807, 2.05) is 65.8 Å². The predicted octanol–water partition coefficient (Wildman–Crippen LogP) is 6.12. The van der Waals surface area contributed by atoms with Crippen molar-refractivity contribution < 1.29 is 23.9 Å². The van der Waals surface area contributed by atoms with Crippen molar-refractivity contribution >= 4 is 41.1 Å². The number of rotatable bonds is 11. The highest BCUT2D eigenvalue weighted by Crippen LogP contribution is 2.36. The first-order chi connectivity index (χ1) is 19.4. The van der Waals surface area contributed by atoms with Crippen molar-refractivity contribution in [3.8, 4) is 0 Å². The first kappa shape index (κ1) is 34.6. The van der Waals surface area contributed by atoms with Crippen LogP contribution in [0.2, 0.25) is 5.02 Å². The molecule has 0 aliphatic heterocycles. The molecule has 0 saturated heterocycles. The number of para-hydroxylation sites is 1. The second-order valence-corrected chi connectivity index (χ2v) is 12.7. The lowest BCUT2D eigenvalue weighted by Crippen LogP contribution is -2.59. The van der Waals surface area contributed by atoms with Gasteiger partial charge in [-0.3, -0.25) is 14.4 Å². The van der Waals surface area contributed by atoms with E-state index >= 15 is 0 Å². The van der Waals surface area contributed by atoms with Crippen LogP contribution in [0.15, 0.2) is 36.4 Å². The quantitative estimate of drug-likeness (QED) is 0.286. The highest BCUT2D eigenvalue weighted by Gasteiger charge is 2.44. The van der Waals surface area contributed by atoms with E-state index in [9.17, 15) is 19.2 Å². The fourth-order valence-electron chi connectivity index (χ4n) is 4.54. The number of nitrogens with zero attached hydrogens (tertiary/aromatic N) is 1. The van der Waals surface area contributed by atoms with Crippen LogP contribution in [0, 0.1) is 20.8 Å². The number of aryl methyl sites for hydroxylation is 3. The summed E-state index contributed by atoms with van der Waals surface area (Å²) in [6, 6.07) is 8.71. The summed E-state index contributed by atoms with van der Waals surface area (Å²) in [5, 5.41) is 5.96. The molecule has 0 spiro atoms. The predicted molar refractivity (Wildman–Crippen MR) is 166 cm³/mol. The van der Waals surface area contributed by atoms with Crippen LogP contribution in [0.1, 0.15) is 89.1 Å². The van der Waals surface area contributed by atoms with E-state index in [0.717, 1.165) is 16.7 Å². The Labute approximate surface area is 254 Å². The van der Waals surface area contributed by atoms with Gasteiger partial charge in [0.1, 0.15) is 17.7 Å². The maximum absolute atomic E-state index is 14.6. The molecule has 2 unspecified atom stereocenters. The Kier molecular flexibility index (Phi) is 11.6. The molecule has 10 heteroatoms. The second-order valence-electron chi connectivity index (χ2n) is 12.3. The van der Waals surface area contributed by atoms with E-state index in [1.54, 1.807) is 32.9 Å². The second kappa shape index (κ2) is 14.1. The van der Waals surface area contributed by atoms with E-state index in [0.29, 0.717) is 22.7 Å². The van der Waals surface area contributed by atoms with Gasteiger partial charge in [0.25, 0.3) is 5.91 Å². The maximum atomic E-state index is 14.6. The summed E-state index contributed by atoms with van der Waals surface area (Å²) in [7, 11) is 0. The van der Waals surface area contributed by atoms with Crippen LogP contribution in [0.4, 0.5) is 10.5 Å². The number of hydrogen-bond donors (Lipinski definition) is 3. The van der Waals surface area contributed by atoms with Crippen LogP contribution in [0.3, 0.4) is 0 Å². The number of benzene rings is 2. The van der Waals surface area contributed by atoms with Crippen LogP contribution >= 0.6 is 11.6 Å². The Bertz CT molecular complexity index is 1300. The van der Waals surface area contributed by atoms with Crippen molar-refractivity contribution in [2.24, 2.45) is 5.73 Å². The number of ether oxygens (including phenoxy) is 1. The van der Waals surface area contributed by atoms with Gasteiger partial charge in [-0.2, -0.15) is 0 Å². The van der Waals surface area contributed by atoms with Gasteiger partial charge in [0.2, 0.25) is 11.8 Å². The number of hydrogen-bond acceptors (Lipinski definition) is 5. The van der Waals surface area contributed by atoms with Gasteiger partial charge in [-0.25, -0.2) is 4.79 Å². The van der Waals surface area contributed by atoms with Crippen LogP contribution in [0.5, 0.6) is 0 Å². The van der Waals surface area contributed by atoms with Crippen LogP contribution in [0.25, 0.3) is 0 Å². The molecule has 4 N–H and O–H groups in total. The van der Waals surface area contributed by atoms with Gasteiger partial charge in [0.05, 0.1) is 10.7 Å². The van der Waals surface area contributed by atoms with E-state index in [2.05, 4.69) is 10.6 Å². The number of primary amides is 1. The van der Waals surface area contributed by atoms with Crippen LogP contribution < -0.4 is 16.4 Å². The molecule has 9 nitrogen and oxygen atoms in total. The van der Waals surface area contributed by atoms with Gasteiger partial charge in [-0.1, -0.05) is 54.4 Å². The molecule has 0 aliphatic carbocycles. The number of carbonyl (C=O) groups excluding carboxylic acids is 4. The van der Waals surface area contributed by atoms with Crippen molar-refractivity contribution in [3.05, 3.63) is 63.7 Å². The average molecular weight is 601 g/mol. The zero-order valence-corrected chi connectivity index (χ0v) is 26.9. The zero-order chi connectivity index (χ0) is 32.0. The van der Waals surface area contributed by atoms with Gasteiger partial charge < -0.3 is 26.0 Å². The number of nitrogens with one attached hydrogen (secondary N) is 2. The van der Waals surface area contributed by atoms with Crippen LogP contribution in [-0.2, 0) is 19.1 Å². The first-order valence-corrected chi connectivity index (χ1v) is 14.5. The Morgan fingerprint density at radius 3 is 2.19 bits per heavy atom. The number of carbonyl (C=O) groups is 4. The number of halogens is 1. The molecule has 0 heterocycles. The molecule has 42 heavy (non-hydrogen) atoms. The summed E-state index contributed by atoms with van der Waals surface area (Å²) >= 11 is 6.47. The third-order valence-corrected chi connectivity index (χ3v) is 7.44. The fourth-order valence-corrected chi connectivity index (χ4v) is 4.81. The SMILES string of the molecule is CCC(C)(C)N(C(=O)C(CCC(N)=O)NC(=O)OC(C)(C)C)C(C(=O)Nc1c(C)cccc1Cl)c1cc(C)ccc1C. The summed E-state index contributed by atoms with van der Waals surface area (Å²) in [4.78, 5) is 55.0. The van der Waals surface area contributed by atoms with E-state index in [1.165, 1.54) is 4.90 Å². The lowest BCUT2D eigenvalue weighted by Gasteiger charge is -2.45. The van der Waals surface area contributed by atoms with Gasteiger partial charge in [0.15, 0.2) is 0 Å². The summed E-state index contributed by atoms with van der Waals surface area (Å²) in [6.45, 7) is 16.4. The lowest BCUT2D eigenvalue weighted by molar-refractivity contribution is -0.148. The molecule has 2 rings (SSSR count). The third kappa shape index (κ3) is 9.21. The van der Waals surface area contributed by atoms with Gasteiger partial charge in [0, 0.05) is 12.0 Å². The number of amides is 4. The van der Waals surface area contributed by atoms with Gasteiger partial charge in [-0.05, 0) is 91.0 Å². The lowest BCUT2D eigenvalue weighted by atomic mass is 9.89. The average Bonchev–Trinajstić information content (AvgIpc) is 2.87. The molecule has 4 amide bonds. The molecule has 0 fully saturated rings. The van der Waals surface area contributed by atoms with Crippen LogP contribution in [-0.4, -0.2) is 45.9 Å². The number of alkyl carbamates (subject to hydrolysis) is 1. The molecular formula is C32H45ClN4O5. The Morgan fingerprint density at radius 1 is 1.00 bits per heavy atom. The summed E-state index contributed by atoms with van der Waals surface area (Å²) < 4.78 is 5.42. The zero-order valence-electron chi connectivity index (χ0n) is 26.2. The topological polar surface area (TPSA) is 131 Å². The fraction of sp³-hybridized carbons (Fsp3) is 0.500. The largest absolute Gasteiger partial charge is 0.444 e. The highest BCUT2D eigenvalue weighted by molar-refractivity contribution is 6.34. The standard InChI is InChI=1S/C32H45ClN4O5/c1-10-32(8,9)37(29(40)24(16-17-25(34)38)35-30(41)42-31(5,6)7)27(22-18-19(2)14-15-20(22)3)28(39)36-26-21(4)12-11-13-23(26)33/h11-15,18,24,27H,10,16-17H2,1-9H3,(H2,34,38)(H,35,41)(H,36,39). The minimum absolute atomic E-state index is 0.0749. The number of anilines is 1. The van der Waals surface area contributed by atoms with E-state index < -0.39 is 47.0 Å². The minimum Gasteiger partial charge on any atom is -0.444 e. The summed E-state index contributed by atoms with van der Waals surface area (Å²) in [5.41, 5.74) is 7.26. The van der Waals surface area contributed by atoms with Crippen molar-refractivity contribution in [3.63, 3.8) is 0 Å². The molecule has 2 aromatic carbocycles. The van der Waals surface area contributed by atoms with Crippen molar-refractivity contribution in [1.82, 2.24) is 10.2 Å². The Hall–Kier alpha value is -3.59. The van der Waals surface area contributed by atoms with Gasteiger partial charge in [-0.15, -0.1) is 0 Å². The molecule has 0 saturated carbocycles. The molecule has 2 atom stereocenters. The molecule has 0 aromatic heterocycles. The molecule has 230 valence electrons. The van der Waals surface area contributed by atoms with E-state index in [-0.39, 0.29) is 12.8 Å². The Balaban J connectivity index is 2.75. The highest BCUT2D eigenvalue weighted by atomic mass is 35.5. The Morgan fingerprint density at radius 2 is 1.64 bits per heavy atom.